The van der Waals surface area contributed by atoms with Crippen molar-refractivity contribution >= 4 is 11.8 Å². The van der Waals surface area contributed by atoms with Gasteiger partial charge in [-0.05, 0) is 12.8 Å². The minimum absolute atomic E-state index is 0.114. The second kappa shape index (κ2) is 4.19. The molecule has 0 amide bonds. The van der Waals surface area contributed by atoms with Crippen LogP contribution in [0, 0.1) is 15.9 Å². The Morgan fingerprint density at radius 1 is 1.56 bits per heavy atom. The summed E-state index contributed by atoms with van der Waals surface area (Å²) in [6.45, 7) is 0. The Labute approximate surface area is 101 Å². The van der Waals surface area contributed by atoms with E-state index in [1.54, 1.807) is 0 Å². The lowest BCUT2D eigenvalue weighted by Crippen LogP contribution is -2.08. The second-order valence-corrected chi connectivity index (χ2v) is 4.00. The third-order valence-corrected chi connectivity index (χ3v) is 2.93. The Hall–Kier alpha value is -2.27. The molecule has 1 fully saturated rings. The van der Waals surface area contributed by atoms with Crippen molar-refractivity contribution in [2.45, 2.75) is 18.4 Å². The predicted molar refractivity (Wildman–Crippen MR) is 58.6 cm³/mol. The van der Waals surface area contributed by atoms with E-state index >= 15 is 0 Å². The lowest BCUT2D eigenvalue weighted by Gasteiger charge is -2.13. The molecule has 0 heterocycles. The van der Waals surface area contributed by atoms with Gasteiger partial charge < -0.3 is 4.74 Å². The molecular weight excluding hydrogens is 243 g/mol. The highest BCUT2D eigenvalue weighted by Crippen LogP contribution is 2.53. The number of hydrogen-bond donors (Lipinski definition) is 0. The first-order valence-corrected chi connectivity index (χ1v) is 5.15. The van der Waals surface area contributed by atoms with Crippen LogP contribution in [0.5, 0.6) is 5.75 Å². The van der Waals surface area contributed by atoms with Crippen LogP contribution in [-0.2, 0) is 10.3 Å². The number of isocyanates is 1. The summed E-state index contributed by atoms with van der Waals surface area (Å²) >= 11 is 0. The van der Waals surface area contributed by atoms with Crippen LogP contribution < -0.4 is 4.74 Å². The van der Waals surface area contributed by atoms with Gasteiger partial charge in [0.2, 0.25) is 6.08 Å². The number of methoxy groups -OCH3 is 1. The van der Waals surface area contributed by atoms with Gasteiger partial charge in [-0.25, -0.2) is 9.18 Å². The summed E-state index contributed by atoms with van der Waals surface area (Å²) < 4.78 is 18.6. The standard InChI is InChI=1S/C11H9FN2O4/c1-18-10-8(11(2-3-11)13-6-15)4-7(14(16)17)5-9(10)12/h4-5H,2-3H2,1H3. The van der Waals surface area contributed by atoms with Crippen molar-refractivity contribution in [1.29, 1.82) is 0 Å². The number of nitrogens with zero attached hydrogens (tertiary/aromatic N) is 2. The molecule has 0 aliphatic heterocycles. The van der Waals surface area contributed by atoms with Crippen LogP contribution in [0.4, 0.5) is 10.1 Å². The third-order valence-electron chi connectivity index (χ3n) is 2.93. The number of ether oxygens (including phenoxy) is 1. The lowest BCUT2D eigenvalue weighted by molar-refractivity contribution is -0.385. The Morgan fingerprint density at radius 3 is 2.67 bits per heavy atom. The normalized spacial score (nSPS) is 15.7. The SMILES string of the molecule is COc1c(F)cc([N+](=O)[O-])cc1C1(N=C=O)CC1. The van der Waals surface area contributed by atoms with E-state index in [9.17, 15) is 19.3 Å². The van der Waals surface area contributed by atoms with Gasteiger partial charge in [0.05, 0.1) is 18.1 Å². The number of benzene rings is 1. The van der Waals surface area contributed by atoms with Crippen LogP contribution >= 0.6 is 0 Å². The van der Waals surface area contributed by atoms with Crippen LogP contribution in [0.1, 0.15) is 18.4 Å². The molecule has 0 unspecified atom stereocenters. The number of nitro groups is 1. The molecule has 0 saturated heterocycles. The van der Waals surface area contributed by atoms with Gasteiger partial charge in [-0.2, -0.15) is 4.99 Å². The van der Waals surface area contributed by atoms with E-state index in [4.69, 9.17) is 4.74 Å². The summed E-state index contributed by atoms with van der Waals surface area (Å²) in [5, 5.41) is 10.7. The second-order valence-electron chi connectivity index (χ2n) is 4.00. The summed E-state index contributed by atoms with van der Waals surface area (Å²) in [6.07, 6.45) is 2.44. The molecule has 0 N–H and O–H groups in total. The quantitative estimate of drug-likeness (QED) is 0.355. The molecular formula is C11H9FN2O4. The number of carbonyl (C=O) groups excluding carboxylic acids is 1. The molecule has 1 aromatic rings. The summed E-state index contributed by atoms with van der Waals surface area (Å²) in [7, 11) is 1.26. The summed E-state index contributed by atoms with van der Waals surface area (Å²) in [5.74, 6) is -0.953. The molecule has 94 valence electrons. The van der Waals surface area contributed by atoms with E-state index in [1.807, 2.05) is 0 Å². The van der Waals surface area contributed by atoms with Gasteiger partial charge in [-0.1, -0.05) is 0 Å². The maximum absolute atomic E-state index is 13.7. The van der Waals surface area contributed by atoms with Gasteiger partial charge in [0, 0.05) is 11.6 Å². The van der Waals surface area contributed by atoms with E-state index in [2.05, 4.69) is 4.99 Å². The molecule has 1 saturated carbocycles. The zero-order valence-electron chi connectivity index (χ0n) is 9.47. The average Bonchev–Trinajstić information content (AvgIpc) is 3.09. The van der Waals surface area contributed by atoms with Gasteiger partial charge >= 0.3 is 0 Å². The summed E-state index contributed by atoms with van der Waals surface area (Å²) in [6, 6.07) is 1.97. The number of rotatable bonds is 4. The van der Waals surface area contributed by atoms with Crippen molar-refractivity contribution in [3.8, 4) is 5.75 Å². The van der Waals surface area contributed by atoms with Gasteiger partial charge in [-0.3, -0.25) is 10.1 Å². The maximum Gasteiger partial charge on any atom is 0.273 e. The monoisotopic (exact) mass is 252 g/mol. The van der Waals surface area contributed by atoms with Gasteiger partial charge in [0.1, 0.15) is 5.54 Å². The number of aliphatic imine (C=N–C) groups is 1. The largest absolute Gasteiger partial charge is 0.493 e. The maximum atomic E-state index is 13.7. The van der Waals surface area contributed by atoms with Crippen molar-refractivity contribution in [3.63, 3.8) is 0 Å². The van der Waals surface area contributed by atoms with E-state index < -0.39 is 22.0 Å². The summed E-state index contributed by atoms with van der Waals surface area (Å²) in [4.78, 5) is 24.0. The van der Waals surface area contributed by atoms with Crippen molar-refractivity contribution in [3.05, 3.63) is 33.6 Å². The molecule has 2 rings (SSSR count). The van der Waals surface area contributed by atoms with Crippen LogP contribution in [0.15, 0.2) is 17.1 Å². The number of nitro benzene ring substituents is 1. The molecule has 0 radical (unpaired) electrons. The number of halogens is 1. The zero-order valence-corrected chi connectivity index (χ0v) is 9.47. The van der Waals surface area contributed by atoms with Crippen molar-refractivity contribution in [2.24, 2.45) is 4.99 Å². The Morgan fingerprint density at radius 2 is 2.22 bits per heavy atom. The van der Waals surface area contributed by atoms with E-state index in [-0.39, 0.29) is 11.3 Å². The molecule has 0 spiro atoms. The minimum Gasteiger partial charge on any atom is -0.493 e. The van der Waals surface area contributed by atoms with Gasteiger partial charge in [0.15, 0.2) is 11.6 Å². The fourth-order valence-corrected chi connectivity index (χ4v) is 1.88. The molecule has 0 aromatic heterocycles. The van der Waals surface area contributed by atoms with Crippen LogP contribution in [0.25, 0.3) is 0 Å². The van der Waals surface area contributed by atoms with Crippen LogP contribution in [0.3, 0.4) is 0 Å². The van der Waals surface area contributed by atoms with Gasteiger partial charge in [-0.15, -0.1) is 0 Å². The lowest BCUT2D eigenvalue weighted by atomic mass is 10.0. The van der Waals surface area contributed by atoms with Crippen LogP contribution in [-0.4, -0.2) is 18.1 Å². The van der Waals surface area contributed by atoms with Crippen molar-refractivity contribution in [1.82, 2.24) is 0 Å². The highest BCUT2D eigenvalue weighted by atomic mass is 19.1. The Balaban J connectivity index is 2.64. The first-order valence-electron chi connectivity index (χ1n) is 5.15. The zero-order chi connectivity index (χ0) is 13.3. The number of hydrogen-bond acceptors (Lipinski definition) is 5. The topological polar surface area (TPSA) is 81.8 Å². The molecule has 1 aromatic carbocycles. The van der Waals surface area contributed by atoms with E-state index in [1.165, 1.54) is 19.3 Å². The molecule has 6 nitrogen and oxygen atoms in total. The molecule has 18 heavy (non-hydrogen) atoms. The minimum atomic E-state index is -0.917. The molecule has 0 atom stereocenters. The number of non-ortho nitro benzene ring substituents is 1. The summed E-state index contributed by atoms with van der Waals surface area (Å²) in [5.41, 5.74) is -1.09. The highest BCUT2D eigenvalue weighted by molar-refractivity contribution is 5.52. The van der Waals surface area contributed by atoms with Gasteiger partial charge in [0.25, 0.3) is 5.69 Å². The average molecular weight is 252 g/mol. The fraction of sp³-hybridized carbons (Fsp3) is 0.364. The molecule has 7 heteroatoms. The van der Waals surface area contributed by atoms with E-state index in [0.717, 1.165) is 6.07 Å². The van der Waals surface area contributed by atoms with Crippen molar-refractivity contribution < 1.29 is 18.8 Å². The van der Waals surface area contributed by atoms with Crippen LogP contribution in [0.2, 0.25) is 0 Å². The fourth-order valence-electron chi connectivity index (χ4n) is 1.88. The molecule has 0 bridgehead atoms. The van der Waals surface area contributed by atoms with E-state index in [0.29, 0.717) is 12.8 Å². The molecule has 1 aliphatic carbocycles. The predicted octanol–water partition coefficient (Wildman–Crippen LogP) is 2.07. The third kappa shape index (κ3) is 1.84. The first-order chi connectivity index (χ1) is 8.54. The Kier molecular flexibility index (Phi) is 2.84. The first kappa shape index (κ1) is 12.2. The highest BCUT2D eigenvalue weighted by Gasteiger charge is 2.48. The molecule has 1 aliphatic rings. The smallest absolute Gasteiger partial charge is 0.273 e. The Bertz CT molecular complexity index is 562. The van der Waals surface area contributed by atoms with Crippen molar-refractivity contribution in [2.75, 3.05) is 7.11 Å².